The first kappa shape index (κ1) is 13.2. The van der Waals surface area contributed by atoms with Crippen molar-refractivity contribution in [2.75, 3.05) is 10.6 Å². The number of hydrogen-bond donors (Lipinski definition) is 2. The van der Waals surface area contributed by atoms with Crippen LogP contribution in [-0.2, 0) is 0 Å². The Morgan fingerprint density at radius 2 is 1.86 bits per heavy atom. The summed E-state index contributed by atoms with van der Waals surface area (Å²) < 4.78 is 2.08. The van der Waals surface area contributed by atoms with Gasteiger partial charge in [-0.3, -0.25) is 0 Å². The van der Waals surface area contributed by atoms with Crippen LogP contribution in [0.15, 0.2) is 61.2 Å². The van der Waals surface area contributed by atoms with Crippen molar-refractivity contribution < 1.29 is 0 Å². The third kappa shape index (κ3) is 2.31. The molecule has 1 aliphatic rings. The Morgan fingerprint density at radius 1 is 1.00 bits per heavy atom. The maximum Gasteiger partial charge on any atom is 0.136 e. The van der Waals surface area contributed by atoms with Crippen LogP contribution in [0.1, 0.15) is 17.2 Å². The molecule has 109 valence electrons. The van der Waals surface area contributed by atoms with Gasteiger partial charge in [-0.25, -0.2) is 4.98 Å². The second-order valence-corrected chi connectivity index (χ2v) is 5.64. The van der Waals surface area contributed by atoms with E-state index in [4.69, 9.17) is 11.6 Å². The van der Waals surface area contributed by atoms with Crippen LogP contribution in [0.2, 0.25) is 5.02 Å². The fourth-order valence-electron chi connectivity index (χ4n) is 2.80. The first-order valence-corrected chi connectivity index (χ1v) is 7.41. The monoisotopic (exact) mass is 309 g/mol. The smallest absolute Gasteiger partial charge is 0.136 e. The number of fused-ring (bicyclic) bond motifs is 1. The summed E-state index contributed by atoms with van der Waals surface area (Å²) >= 11 is 6.18. The zero-order valence-electron chi connectivity index (χ0n) is 11.7. The predicted octanol–water partition coefficient (Wildman–Crippen LogP) is 4.13. The number of anilines is 2. The molecule has 1 unspecified atom stereocenters. The molecule has 1 aromatic heterocycles. The molecule has 0 fully saturated rings. The van der Waals surface area contributed by atoms with Gasteiger partial charge in [0.1, 0.15) is 6.67 Å². The number of rotatable bonds is 3. The predicted molar refractivity (Wildman–Crippen MR) is 88.9 cm³/mol. The number of halogens is 1. The highest BCUT2D eigenvalue weighted by Crippen LogP contribution is 2.34. The highest BCUT2D eigenvalue weighted by molar-refractivity contribution is 6.30. The Kier molecular flexibility index (Phi) is 3.24. The molecule has 1 radical (unpaired) electrons. The maximum absolute atomic E-state index is 6.18. The summed E-state index contributed by atoms with van der Waals surface area (Å²) in [6.07, 6.45) is 5.59. The molecular formula is C17H14ClN4. The van der Waals surface area contributed by atoms with Gasteiger partial charge in [0.05, 0.1) is 23.7 Å². The van der Waals surface area contributed by atoms with Crippen LogP contribution in [-0.4, -0.2) is 9.55 Å². The maximum atomic E-state index is 6.18. The Balaban J connectivity index is 1.84. The lowest BCUT2D eigenvalue weighted by Gasteiger charge is -2.20. The summed E-state index contributed by atoms with van der Waals surface area (Å²) in [6.45, 7) is 1.83. The zero-order valence-corrected chi connectivity index (χ0v) is 12.5. The van der Waals surface area contributed by atoms with Gasteiger partial charge in [-0.1, -0.05) is 29.8 Å². The van der Waals surface area contributed by atoms with E-state index in [1.54, 1.807) is 6.20 Å². The minimum atomic E-state index is 0.0360. The average molecular weight is 310 g/mol. The molecule has 0 saturated carbocycles. The summed E-state index contributed by atoms with van der Waals surface area (Å²) in [7, 11) is 0. The van der Waals surface area contributed by atoms with Crippen LogP contribution >= 0.6 is 11.6 Å². The van der Waals surface area contributed by atoms with Crippen molar-refractivity contribution in [2.24, 2.45) is 0 Å². The summed E-state index contributed by atoms with van der Waals surface area (Å²) in [4.78, 5) is 4.18. The first-order valence-electron chi connectivity index (χ1n) is 7.03. The molecule has 1 aliphatic heterocycles. The van der Waals surface area contributed by atoms with Gasteiger partial charge < -0.3 is 15.2 Å². The molecule has 4 rings (SSSR count). The number of aromatic nitrogens is 2. The third-order valence-electron chi connectivity index (χ3n) is 3.80. The quantitative estimate of drug-likeness (QED) is 0.764. The van der Waals surface area contributed by atoms with Gasteiger partial charge in [0.2, 0.25) is 0 Å². The van der Waals surface area contributed by atoms with Gasteiger partial charge in [0, 0.05) is 17.4 Å². The van der Waals surface area contributed by atoms with Crippen LogP contribution in [0.5, 0.6) is 0 Å². The fourth-order valence-corrected chi connectivity index (χ4v) is 3.00. The van der Waals surface area contributed by atoms with Crippen LogP contribution < -0.4 is 10.6 Å². The second-order valence-electron chi connectivity index (χ2n) is 5.21. The Bertz CT molecular complexity index is 798. The van der Waals surface area contributed by atoms with Gasteiger partial charge in [0.15, 0.2) is 0 Å². The first-order chi connectivity index (χ1) is 10.8. The van der Waals surface area contributed by atoms with E-state index in [1.165, 1.54) is 5.56 Å². The van der Waals surface area contributed by atoms with E-state index in [0.29, 0.717) is 0 Å². The van der Waals surface area contributed by atoms with Crippen molar-refractivity contribution in [3.8, 4) is 0 Å². The number of imidazole rings is 1. The van der Waals surface area contributed by atoms with Crippen molar-refractivity contribution in [1.82, 2.24) is 9.55 Å². The van der Waals surface area contributed by atoms with E-state index in [2.05, 4.69) is 44.5 Å². The number of hydrogen-bond acceptors (Lipinski definition) is 3. The second kappa shape index (κ2) is 5.39. The number of benzene rings is 2. The van der Waals surface area contributed by atoms with Gasteiger partial charge >= 0.3 is 0 Å². The fraction of sp³-hybridized carbons (Fsp3) is 0.0588. The lowest BCUT2D eigenvalue weighted by molar-refractivity contribution is 0.677. The molecule has 0 aliphatic carbocycles. The van der Waals surface area contributed by atoms with E-state index in [0.717, 1.165) is 22.0 Å². The lowest BCUT2D eigenvalue weighted by Crippen LogP contribution is -2.10. The van der Waals surface area contributed by atoms with Crippen LogP contribution in [0.3, 0.4) is 0 Å². The molecule has 3 aromatic rings. The molecule has 22 heavy (non-hydrogen) atoms. The van der Waals surface area contributed by atoms with E-state index >= 15 is 0 Å². The van der Waals surface area contributed by atoms with Crippen LogP contribution in [0, 0.1) is 6.67 Å². The van der Waals surface area contributed by atoms with Gasteiger partial charge in [-0.15, -0.1) is 0 Å². The molecule has 0 amide bonds. The Morgan fingerprint density at radius 3 is 2.68 bits per heavy atom. The molecule has 5 heteroatoms. The molecule has 0 bridgehead atoms. The van der Waals surface area contributed by atoms with Crippen molar-refractivity contribution in [3.05, 3.63) is 84.0 Å². The normalized spacial score (nSPS) is 14.0. The van der Waals surface area contributed by atoms with E-state index in [-0.39, 0.29) is 6.04 Å². The largest absolute Gasteiger partial charge is 0.360 e. The molecule has 2 heterocycles. The molecule has 0 spiro atoms. The molecule has 2 aromatic carbocycles. The molecular weight excluding hydrogens is 296 g/mol. The van der Waals surface area contributed by atoms with E-state index < -0.39 is 0 Å². The van der Waals surface area contributed by atoms with Crippen molar-refractivity contribution in [1.29, 1.82) is 0 Å². The minimum Gasteiger partial charge on any atom is -0.360 e. The van der Waals surface area contributed by atoms with Crippen molar-refractivity contribution in [3.63, 3.8) is 0 Å². The van der Waals surface area contributed by atoms with Crippen molar-refractivity contribution >= 4 is 23.0 Å². The highest BCUT2D eigenvalue weighted by Gasteiger charge is 2.19. The van der Waals surface area contributed by atoms with E-state index in [9.17, 15) is 0 Å². The summed E-state index contributed by atoms with van der Waals surface area (Å²) in [5.74, 6) is 0. The topological polar surface area (TPSA) is 41.9 Å². The number of nitrogens with zero attached hydrogens (tertiary/aromatic N) is 2. The number of nitrogens with one attached hydrogen (secondary N) is 2. The summed E-state index contributed by atoms with van der Waals surface area (Å²) in [5.41, 5.74) is 4.45. The minimum absolute atomic E-state index is 0.0360. The molecule has 0 saturated heterocycles. The molecule has 1 atom stereocenters. The standard InChI is InChI=1S/C17H14ClN4/c18-14-3-1-2-12(8-14)17(22-7-6-19-11-22)13-4-5-15-16(9-13)21-10-20-15/h1-11,17,20-21H. The van der Waals surface area contributed by atoms with Gasteiger partial charge in [-0.2, -0.15) is 0 Å². The summed E-state index contributed by atoms with van der Waals surface area (Å²) in [5, 5.41) is 7.12. The average Bonchev–Trinajstić information content (AvgIpc) is 3.18. The van der Waals surface area contributed by atoms with Gasteiger partial charge in [0.25, 0.3) is 0 Å². The molecule has 2 N–H and O–H groups in total. The van der Waals surface area contributed by atoms with Gasteiger partial charge in [-0.05, 0) is 35.4 Å². The lowest BCUT2D eigenvalue weighted by atomic mass is 9.97. The highest BCUT2D eigenvalue weighted by atomic mass is 35.5. The third-order valence-corrected chi connectivity index (χ3v) is 4.04. The van der Waals surface area contributed by atoms with Crippen LogP contribution in [0.25, 0.3) is 0 Å². The zero-order chi connectivity index (χ0) is 14.9. The van der Waals surface area contributed by atoms with Crippen molar-refractivity contribution in [2.45, 2.75) is 6.04 Å². The Hall–Kier alpha value is -2.46. The van der Waals surface area contributed by atoms with Crippen LogP contribution in [0.4, 0.5) is 11.4 Å². The molecule has 4 nitrogen and oxygen atoms in total. The van der Waals surface area contributed by atoms with E-state index in [1.807, 2.05) is 37.4 Å². The summed E-state index contributed by atoms with van der Waals surface area (Å²) in [6, 6.07) is 14.3. The SMILES string of the molecule is Clc1cccc(C(c2ccc3c(c2)N[CH]N3)n2ccnc2)c1. The Labute approximate surface area is 133 Å².